The zero-order chi connectivity index (χ0) is 20.4. The van der Waals surface area contributed by atoms with E-state index in [1.807, 2.05) is 0 Å². The fourth-order valence-corrected chi connectivity index (χ4v) is 4.44. The number of nitrogens with zero attached hydrogens (tertiary/aromatic N) is 1. The van der Waals surface area contributed by atoms with Crippen LogP contribution in [0.2, 0.25) is 0 Å². The van der Waals surface area contributed by atoms with Crippen molar-refractivity contribution in [3.8, 4) is 0 Å². The highest BCUT2D eigenvalue weighted by Gasteiger charge is 2.58. The van der Waals surface area contributed by atoms with Crippen molar-refractivity contribution in [2.45, 2.75) is 56.7 Å². The van der Waals surface area contributed by atoms with Crippen LogP contribution in [0, 0.1) is 11.6 Å². The maximum Gasteiger partial charge on any atom is 0.251 e. The summed E-state index contributed by atoms with van der Waals surface area (Å²) in [6.07, 6.45) is 4.97. The zero-order valence-corrected chi connectivity index (χ0v) is 16.2. The van der Waals surface area contributed by atoms with E-state index in [0.29, 0.717) is 5.56 Å². The summed E-state index contributed by atoms with van der Waals surface area (Å²) in [5.74, 6) is -1.45. The normalized spacial score (nSPS) is 22.3. The number of hydrogen-bond acceptors (Lipinski definition) is 2. The van der Waals surface area contributed by atoms with Gasteiger partial charge in [-0.2, -0.15) is 0 Å². The van der Waals surface area contributed by atoms with Crippen molar-refractivity contribution in [3.05, 3.63) is 71.3 Å². The molecule has 0 aromatic heterocycles. The van der Waals surface area contributed by atoms with Gasteiger partial charge < -0.3 is 10.2 Å². The topological polar surface area (TPSA) is 49.4 Å². The Hall–Kier alpha value is -2.76. The van der Waals surface area contributed by atoms with E-state index in [0.717, 1.165) is 32.1 Å². The smallest absolute Gasteiger partial charge is 0.251 e. The van der Waals surface area contributed by atoms with E-state index >= 15 is 0 Å². The molecule has 1 saturated carbocycles. The molecule has 1 N–H and O–H groups in total. The highest BCUT2D eigenvalue weighted by Crippen LogP contribution is 2.44. The standard InChI is InChI=1S/C23H24F2N2O2/c24-17-12-10-16(11-13-17)15-27-21(28)14-23(27,19-8-4-5-9-20(19)25)22(29)26-18-6-2-1-3-7-18/h4-5,8-13,18H,1-3,6-7,14-15H2,(H,26,29). The fourth-order valence-electron chi connectivity index (χ4n) is 4.44. The van der Waals surface area contributed by atoms with Crippen LogP contribution in [-0.2, 0) is 21.7 Å². The molecule has 2 fully saturated rings. The first-order valence-electron chi connectivity index (χ1n) is 10.1. The van der Waals surface area contributed by atoms with Gasteiger partial charge in [-0.1, -0.05) is 49.6 Å². The van der Waals surface area contributed by atoms with Gasteiger partial charge in [0.25, 0.3) is 5.91 Å². The zero-order valence-electron chi connectivity index (χ0n) is 16.2. The van der Waals surface area contributed by atoms with Gasteiger partial charge in [-0.05, 0) is 36.6 Å². The maximum atomic E-state index is 14.8. The molecule has 29 heavy (non-hydrogen) atoms. The van der Waals surface area contributed by atoms with E-state index in [-0.39, 0.29) is 42.2 Å². The molecule has 0 bridgehead atoms. The Labute approximate surface area is 168 Å². The monoisotopic (exact) mass is 398 g/mol. The second-order valence-electron chi connectivity index (χ2n) is 7.93. The third kappa shape index (κ3) is 3.63. The molecule has 2 amide bonds. The molecule has 1 aliphatic heterocycles. The molecule has 6 heteroatoms. The molecule has 1 atom stereocenters. The van der Waals surface area contributed by atoms with E-state index in [1.165, 1.54) is 23.1 Å². The van der Waals surface area contributed by atoms with Crippen LogP contribution < -0.4 is 5.32 Å². The van der Waals surface area contributed by atoms with Gasteiger partial charge in [0, 0.05) is 18.2 Å². The molecular formula is C23H24F2N2O2. The van der Waals surface area contributed by atoms with Crippen molar-refractivity contribution in [1.29, 1.82) is 0 Å². The number of carbonyl (C=O) groups is 2. The van der Waals surface area contributed by atoms with E-state index in [4.69, 9.17) is 0 Å². The highest BCUT2D eigenvalue weighted by molar-refractivity contribution is 6.02. The summed E-state index contributed by atoms with van der Waals surface area (Å²) >= 11 is 0. The Morgan fingerprint density at radius 3 is 2.38 bits per heavy atom. The molecule has 2 aromatic rings. The van der Waals surface area contributed by atoms with Gasteiger partial charge in [-0.3, -0.25) is 9.59 Å². The number of nitrogens with one attached hydrogen (secondary N) is 1. The summed E-state index contributed by atoms with van der Waals surface area (Å²) in [5.41, 5.74) is -0.491. The van der Waals surface area contributed by atoms with E-state index < -0.39 is 11.4 Å². The SMILES string of the molecule is O=C1CC(C(=O)NC2CCCCC2)(c2ccccc2F)N1Cc1ccc(F)cc1. The molecule has 152 valence electrons. The number of likely N-dealkylation sites (tertiary alicyclic amines) is 1. The van der Waals surface area contributed by atoms with E-state index in [2.05, 4.69) is 5.32 Å². The molecule has 1 heterocycles. The number of halogens is 2. The molecule has 4 nitrogen and oxygen atoms in total. The first-order valence-corrected chi connectivity index (χ1v) is 10.1. The molecular weight excluding hydrogens is 374 g/mol. The Morgan fingerprint density at radius 1 is 1.03 bits per heavy atom. The van der Waals surface area contributed by atoms with Crippen molar-refractivity contribution in [1.82, 2.24) is 10.2 Å². The van der Waals surface area contributed by atoms with Crippen molar-refractivity contribution in [2.24, 2.45) is 0 Å². The summed E-state index contributed by atoms with van der Waals surface area (Å²) in [7, 11) is 0. The number of amides is 2. The van der Waals surface area contributed by atoms with Gasteiger partial charge in [0.05, 0.1) is 6.42 Å². The summed E-state index contributed by atoms with van der Waals surface area (Å²) in [5, 5.41) is 3.07. The molecule has 1 aliphatic carbocycles. The minimum absolute atomic E-state index is 0.0447. The molecule has 4 rings (SSSR count). The van der Waals surface area contributed by atoms with Crippen LogP contribution in [0.3, 0.4) is 0 Å². The molecule has 2 aliphatic rings. The van der Waals surface area contributed by atoms with Crippen LogP contribution in [0.5, 0.6) is 0 Å². The summed E-state index contributed by atoms with van der Waals surface area (Å²) in [4.78, 5) is 27.4. The van der Waals surface area contributed by atoms with Gasteiger partial charge in [0.2, 0.25) is 5.91 Å². The summed E-state index contributed by atoms with van der Waals surface area (Å²) in [6.45, 7) is 0.117. The van der Waals surface area contributed by atoms with Gasteiger partial charge in [-0.25, -0.2) is 8.78 Å². The van der Waals surface area contributed by atoms with Gasteiger partial charge in [0.15, 0.2) is 5.54 Å². The number of β-lactam (4-membered cyclic amide) rings is 1. The lowest BCUT2D eigenvalue weighted by Crippen LogP contribution is -2.68. The summed E-state index contributed by atoms with van der Waals surface area (Å²) in [6, 6.07) is 11.9. The number of carbonyl (C=O) groups excluding carboxylic acids is 2. The second-order valence-corrected chi connectivity index (χ2v) is 7.93. The van der Waals surface area contributed by atoms with E-state index in [1.54, 1.807) is 30.3 Å². The third-order valence-electron chi connectivity index (χ3n) is 6.06. The van der Waals surface area contributed by atoms with Crippen molar-refractivity contribution in [3.63, 3.8) is 0 Å². The third-order valence-corrected chi connectivity index (χ3v) is 6.06. The van der Waals surface area contributed by atoms with Crippen LogP contribution in [-0.4, -0.2) is 22.8 Å². The predicted octanol–water partition coefficient (Wildman–Crippen LogP) is 4.04. The van der Waals surface area contributed by atoms with Crippen LogP contribution in [0.15, 0.2) is 48.5 Å². The molecule has 0 spiro atoms. The van der Waals surface area contributed by atoms with E-state index in [9.17, 15) is 18.4 Å². The second kappa shape index (κ2) is 7.93. The minimum atomic E-state index is -1.38. The molecule has 0 radical (unpaired) electrons. The summed E-state index contributed by atoms with van der Waals surface area (Å²) < 4.78 is 28.0. The van der Waals surface area contributed by atoms with Crippen molar-refractivity contribution < 1.29 is 18.4 Å². The van der Waals surface area contributed by atoms with Crippen LogP contribution >= 0.6 is 0 Å². The van der Waals surface area contributed by atoms with Crippen LogP contribution in [0.25, 0.3) is 0 Å². The number of hydrogen-bond donors (Lipinski definition) is 1. The average Bonchev–Trinajstić information content (AvgIpc) is 2.72. The Bertz CT molecular complexity index is 909. The minimum Gasteiger partial charge on any atom is -0.351 e. The van der Waals surface area contributed by atoms with Crippen LogP contribution in [0.1, 0.15) is 49.7 Å². The van der Waals surface area contributed by atoms with Gasteiger partial charge in [-0.15, -0.1) is 0 Å². The van der Waals surface area contributed by atoms with Gasteiger partial charge in [0.1, 0.15) is 11.6 Å². The highest BCUT2D eigenvalue weighted by atomic mass is 19.1. The Morgan fingerprint density at radius 2 is 1.72 bits per heavy atom. The fraction of sp³-hybridized carbons (Fsp3) is 0.391. The first kappa shape index (κ1) is 19.6. The lowest BCUT2D eigenvalue weighted by molar-refractivity contribution is -0.169. The number of rotatable bonds is 5. The first-order chi connectivity index (χ1) is 14.0. The Balaban J connectivity index is 1.68. The van der Waals surface area contributed by atoms with Crippen molar-refractivity contribution in [2.75, 3.05) is 0 Å². The largest absolute Gasteiger partial charge is 0.351 e. The average molecular weight is 398 g/mol. The molecule has 1 saturated heterocycles. The predicted molar refractivity (Wildman–Crippen MR) is 105 cm³/mol. The van der Waals surface area contributed by atoms with Gasteiger partial charge >= 0.3 is 0 Å². The lowest BCUT2D eigenvalue weighted by atomic mass is 9.75. The van der Waals surface area contributed by atoms with Crippen molar-refractivity contribution >= 4 is 11.8 Å². The molecule has 2 aromatic carbocycles. The maximum absolute atomic E-state index is 14.8. The quantitative estimate of drug-likeness (QED) is 0.773. The van der Waals surface area contributed by atoms with Crippen LogP contribution in [0.4, 0.5) is 8.78 Å². The Kier molecular flexibility index (Phi) is 5.35. The molecule has 1 unspecified atom stereocenters. The number of benzene rings is 2. The lowest BCUT2D eigenvalue weighted by Gasteiger charge is -2.51.